The number of carbonyl (C=O) groups is 1. The first-order chi connectivity index (χ1) is 12.5. The van der Waals surface area contributed by atoms with Crippen LogP contribution < -0.4 is 5.32 Å². The van der Waals surface area contributed by atoms with Crippen LogP contribution >= 0.6 is 11.6 Å². The Morgan fingerprint density at radius 2 is 1.92 bits per heavy atom. The molecular formula is C19H21ClN2O3S. The molecule has 1 fully saturated rings. The standard InChI is InChI=1S/C19H21ClN2O3S/c20-16-7-4-6-15(14-16)11-12-21-19(23)18-10-5-13-22(18)26(24,25)17-8-2-1-3-9-17/h1-4,6-9,14,18H,5,10-13H2,(H,21,23). The van der Waals surface area contributed by atoms with Crippen LogP contribution in [-0.2, 0) is 21.2 Å². The molecule has 26 heavy (non-hydrogen) atoms. The van der Waals surface area contributed by atoms with Gasteiger partial charge in [0.15, 0.2) is 0 Å². The number of hydrogen-bond donors (Lipinski definition) is 1. The van der Waals surface area contributed by atoms with Crippen LogP contribution in [0.4, 0.5) is 0 Å². The van der Waals surface area contributed by atoms with Gasteiger partial charge in [-0.25, -0.2) is 8.42 Å². The zero-order valence-electron chi connectivity index (χ0n) is 14.3. The fourth-order valence-electron chi connectivity index (χ4n) is 3.16. The van der Waals surface area contributed by atoms with E-state index in [2.05, 4.69) is 5.32 Å². The molecule has 1 unspecified atom stereocenters. The van der Waals surface area contributed by atoms with E-state index >= 15 is 0 Å². The number of benzene rings is 2. The van der Waals surface area contributed by atoms with Crippen molar-refractivity contribution in [2.75, 3.05) is 13.1 Å². The highest BCUT2D eigenvalue weighted by atomic mass is 35.5. The second-order valence-corrected chi connectivity index (χ2v) is 8.58. The largest absolute Gasteiger partial charge is 0.354 e. The first-order valence-corrected chi connectivity index (χ1v) is 10.4. The third-order valence-electron chi connectivity index (χ3n) is 4.46. The average molecular weight is 393 g/mol. The summed E-state index contributed by atoms with van der Waals surface area (Å²) in [5, 5.41) is 3.52. The van der Waals surface area contributed by atoms with Gasteiger partial charge in [0.05, 0.1) is 4.90 Å². The molecule has 0 spiro atoms. The van der Waals surface area contributed by atoms with Crippen LogP contribution in [0.2, 0.25) is 5.02 Å². The third kappa shape index (κ3) is 4.26. The predicted molar refractivity (Wildman–Crippen MR) is 102 cm³/mol. The molecule has 0 aromatic heterocycles. The van der Waals surface area contributed by atoms with E-state index in [0.29, 0.717) is 37.4 Å². The fraction of sp³-hybridized carbons (Fsp3) is 0.316. The zero-order chi connectivity index (χ0) is 18.6. The molecule has 1 amide bonds. The van der Waals surface area contributed by atoms with Gasteiger partial charge in [-0.3, -0.25) is 4.79 Å². The van der Waals surface area contributed by atoms with E-state index in [1.807, 2.05) is 18.2 Å². The summed E-state index contributed by atoms with van der Waals surface area (Å²) in [6.45, 7) is 0.804. The summed E-state index contributed by atoms with van der Waals surface area (Å²) in [5.41, 5.74) is 1.03. The summed E-state index contributed by atoms with van der Waals surface area (Å²) >= 11 is 5.96. The van der Waals surface area contributed by atoms with E-state index < -0.39 is 16.1 Å². The van der Waals surface area contributed by atoms with Crippen molar-refractivity contribution < 1.29 is 13.2 Å². The number of hydrogen-bond acceptors (Lipinski definition) is 3. The van der Waals surface area contributed by atoms with Gasteiger partial charge in [0.2, 0.25) is 15.9 Å². The smallest absolute Gasteiger partial charge is 0.243 e. The van der Waals surface area contributed by atoms with Gasteiger partial charge < -0.3 is 5.32 Å². The van der Waals surface area contributed by atoms with Crippen molar-refractivity contribution in [1.82, 2.24) is 9.62 Å². The molecule has 0 bridgehead atoms. The number of sulfonamides is 1. The van der Waals surface area contributed by atoms with Gasteiger partial charge in [-0.1, -0.05) is 41.9 Å². The van der Waals surface area contributed by atoms with E-state index in [9.17, 15) is 13.2 Å². The third-order valence-corrected chi connectivity index (χ3v) is 6.62. The summed E-state index contributed by atoms with van der Waals surface area (Å²) in [7, 11) is -3.66. The number of nitrogens with one attached hydrogen (secondary N) is 1. The van der Waals surface area contributed by atoms with Crippen molar-refractivity contribution >= 4 is 27.5 Å². The van der Waals surface area contributed by atoms with Gasteiger partial charge in [-0.15, -0.1) is 0 Å². The maximum absolute atomic E-state index is 12.8. The van der Waals surface area contributed by atoms with Crippen LogP contribution in [0.15, 0.2) is 59.5 Å². The van der Waals surface area contributed by atoms with Crippen molar-refractivity contribution in [1.29, 1.82) is 0 Å². The van der Waals surface area contributed by atoms with Gasteiger partial charge in [0.25, 0.3) is 0 Å². The zero-order valence-corrected chi connectivity index (χ0v) is 15.8. The molecule has 2 aromatic carbocycles. The maximum Gasteiger partial charge on any atom is 0.243 e. The first kappa shape index (κ1) is 18.9. The lowest BCUT2D eigenvalue weighted by molar-refractivity contribution is -0.124. The minimum absolute atomic E-state index is 0.221. The van der Waals surface area contributed by atoms with Crippen LogP contribution in [0, 0.1) is 0 Å². The molecule has 1 saturated heterocycles. The van der Waals surface area contributed by atoms with E-state index in [1.165, 1.54) is 4.31 Å². The van der Waals surface area contributed by atoms with Crippen LogP contribution in [-0.4, -0.2) is 37.8 Å². The molecule has 5 nitrogen and oxygen atoms in total. The van der Waals surface area contributed by atoms with Gasteiger partial charge in [0.1, 0.15) is 6.04 Å². The number of rotatable bonds is 6. The molecule has 0 radical (unpaired) electrons. The predicted octanol–water partition coefficient (Wildman–Crippen LogP) is 2.85. The molecule has 1 N–H and O–H groups in total. The average Bonchev–Trinajstić information content (AvgIpc) is 3.13. The first-order valence-electron chi connectivity index (χ1n) is 8.57. The topological polar surface area (TPSA) is 66.5 Å². The van der Waals surface area contributed by atoms with Gasteiger partial charge in [-0.2, -0.15) is 4.31 Å². The molecule has 0 aliphatic carbocycles. The van der Waals surface area contributed by atoms with E-state index in [4.69, 9.17) is 11.6 Å². The van der Waals surface area contributed by atoms with E-state index in [1.54, 1.807) is 36.4 Å². The fourth-order valence-corrected chi connectivity index (χ4v) is 5.05. The van der Waals surface area contributed by atoms with Crippen LogP contribution in [0.3, 0.4) is 0 Å². The summed E-state index contributed by atoms with van der Waals surface area (Å²) < 4.78 is 26.9. The highest BCUT2D eigenvalue weighted by Gasteiger charge is 2.39. The molecule has 138 valence electrons. The second kappa shape index (κ2) is 8.20. The normalized spacial score (nSPS) is 18.0. The van der Waals surface area contributed by atoms with Crippen molar-refractivity contribution in [3.8, 4) is 0 Å². The Morgan fingerprint density at radius 1 is 1.15 bits per heavy atom. The van der Waals surface area contributed by atoms with Crippen molar-refractivity contribution in [2.24, 2.45) is 0 Å². The Morgan fingerprint density at radius 3 is 2.65 bits per heavy atom. The van der Waals surface area contributed by atoms with Gasteiger partial charge in [0, 0.05) is 18.1 Å². The van der Waals surface area contributed by atoms with Crippen molar-refractivity contribution in [3.63, 3.8) is 0 Å². The number of nitrogens with zero attached hydrogens (tertiary/aromatic N) is 1. The minimum atomic E-state index is -3.66. The lowest BCUT2D eigenvalue weighted by Crippen LogP contribution is -2.46. The monoisotopic (exact) mass is 392 g/mol. The van der Waals surface area contributed by atoms with Crippen molar-refractivity contribution in [3.05, 3.63) is 65.2 Å². The maximum atomic E-state index is 12.8. The highest BCUT2D eigenvalue weighted by Crippen LogP contribution is 2.26. The summed E-state index contributed by atoms with van der Waals surface area (Å²) in [6, 6.07) is 15.1. The lowest BCUT2D eigenvalue weighted by atomic mass is 10.1. The van der Waals surface area contributed by atoms with Crippen LogP contribution in [0.5, 0.6) is 0 Å². The van der Waals surface area contributed by atoms with Crippen LogP contribution in [0.1, 0.15) is 18.4 Å². The Labute approximate surface area is 159 Å². The lowest BCUT2D eigenvalue weighted by Gasteiger charge is -2.23. The molecular weight excluding hydrogens is 372 g/mol. The Hall–Kier alpha value is -1.89. The summed E-state index contributed by atoms with van der Waals surface area (Å²) in [6.07, 6.45) is 1.86. The van der Waals surface area contributed by atoms with Crippen LogP contribution in [0.25, 0.3) is 0 Å². The minimum Gasteiger partial charge on any atom is -0.354 e. The molecule has 1 heterocycles. The summed E-state index contributed by atoms with van der Waals surface area (Å²) in [5.74, 6) is -0.246. The Kier molecular flexibility index (Phi) is 5.96. The van der Waals surface area contributed by atoms with Gasteiger partial charge >= 0.3 is 0 Å². The number of halogens is 1. The molecule has 1 aliphatic rings. The molecule has 1 aliphatic heterocycles. The quantitative estimate of drug-likeness (QED) is 0.822. The summed E-state index contributed by atoms with van der Waals surface area (Å²) in [4.78, 5) is 12.8. The van der Waals surface area contributed by atoms with E-state index in [0.717, 1.165) is 5.56 Å². The molecule has 1 atom stereocenters. The highest BCUT2D eigenvalue weighted by molar-refractivity contribution is 7.89. The Balaban J connectivity index is 1.63. The number of amides is 1. The van der Waals surface area contributed by atoms with Crippen molar-refractivity contribution in [2.45, 2.75) is 30.2 Å². The molecule has 2 aromatic rings. The molecule has 0 saturated carbocycles. The van der Waals surface area contributed by atoms with E-state index in [-0.39, 0.29) is 10.8 Å². The molecule has 7 heteroatoms. The second-order valence-electron chi connectivity index (χ2n) is 6.26. The van der Waals surface area contributed by atoms with Gasteiger partial charge in [-0.05, 0) is 49.1 Å². The molecule has 3 rings (SSSR count). The Bertz CT molecular complexity index is 871. The number of carbonyl (C=O) groups excluding carboxylic acids is 1. The SMILES string of the molecule is O=C(NCCc1cccc(Cl)c1)C1CCCN1S(=O)(=O)c1ccccc1.